The van der Waals surface area contributed by atoms with Crippen molar-refractivity contribution in [1.82, 2.24) is 0 Å². The quantitative estimate of drug-likeness (QED) is 0.483. The van der Waals surface area contributed by atoms with E-state index in [4.69, 9.17) is 4.74 Å². The SMILES string of the molecule is CC(=O)CCC1C2CC3C(=CO)C(=O)OC3CC12C. The molecule has 19 heavy (non-hydrogen) atoms. The molecule has 2 aliphatic carbocycles. The molecule has 5 atom stereocenters. The number of carbonyl (C=O) groups is 2. The predicted octanol–water partition coefficient (Wildman–Crippen LogP) is 2.39. The van der Waals surface area contributed by atoms with Crippen LogP contribution in [0.1, 0.15) is 39.5 Å². The Labute approximate surface area is 112 Å². The van der Waals surface area contributed by atoms with Crippen LogP contribution in [0.2, 0.25) is 0 Å². The van der Waals surface area contributed by atoms with Crippen molar-refractivity contribution in [2.24, 2.45) is 23.2 Å². The lowest BCUT2D eigenvalue weighted by Gasteiger charge is -2.27. The zero-order valence-corrected chi connectivity index (χ0v) is 11.4. The summed E-state index contributed by atoms with van der Waals surface area (Å²) in [6.45, 7) is 3.88. The predicted molar refractivity (Wildman–Crippen MR) is 68.3 cm³/mol. The second kappa shape index (κ2) is 4.09. The Balaban J connectivity index is 1.71. The highest BCUT2D eigenvalue weighted by atomic mass is 16.6. The van der Waals surface area contributed by atoms with Gasteiger partial charge in [0.2, 0.25) is 0 Å². The summed E-state index contributed by atoms with van der Waals surface area (Å²) in [5.41, 5.74) is 0.659. The summed E-state index contributed by atoms with van der Waals surface area (Å²) < 4.78 is 5.37. The van der Waals surface area contributed by atoms with Crippen LogP contribution in [0.15, 0.2) is 11.8 Å². The zero-order valence-electron chi connectivity index (χ0n) is 11.4. The van der Waals surface area contributed by atoms with E-state index in [0.29, 0.717) is 23.8 Å². The normalized spacial score (nSPS) is 45.6. The lowest BCUT2D eigenvalue weighted by atomic mass is 9.78. The number of ether oxygens (including phenoxy) is 1. The summed E-state index contributed by atoms with van der Waals surface area (Å²) in [5, 5.41) is 9.17. The van der Waals surface area contributed by atoms with E-state index in [9.17, 15) is 14.7 Å². The van der Waals surface area contributed by atoms with Crippen LogP contribution in [-0.2, 0) is 14.3 Å². The van der Waals surface area contributed by atoms with Crippen molar-refractivity contribution in [3.8, 4) is 0 Å². The minimum absolute atomic E-state index is 0.0536. The Bertz CT molecular complexity index is 467. The molecular weight excluding hydrogens is 244 g/mol. The first kappa shape index (κ1) is 12.7. The third kappa shape index (κ3) is 1.80. The number of aliphatic hydroxyl groups excluding tert-OH is 1. The van der Waals surface area contributed by atoms with Gasteiger partial charge in [0.15, 0.2) is 0 Å². The lowest BCUT2D eigenvalue weighted by molar-refractivity contribution is -0.140. The Hall–Kier alpha value is -1.32. The summed E-state index contributed by atoms with van der Waals surface area (Å²) >= 11 is 0. The fourth-order valence-corrected chi connectivity index (χ4v) is 4.35. The molecule has 5 unspecified atom stereocenters. The van der Waals surface area contributed by atoms with Crippen LogP contribution in [0.5, 0.6) is 0 Å². The Morgan fingerprint density at radius 2 is 2.32 bits per heavy atom. The molecule has 0 radical (unpaired) electrons. The van der Waals surface area contributed by atoms with Crippen molar-refractivity contribution in [3.63, 3.8) is 0 Å². The van der Waals surface area contributed by atoms with Gasteiger partial charge < -0.3 is 14.6 Å². The van der Waals surface area contributed by atoms with E-state index in [1.54, 1.807) is 6.92 Å². The molecule has 4 nitrogen and oxygen atoms in total. The average molecular weight is 264 g/mol. The molecule has 1 heterocycles. The standard InChI is InChI=1S/C15H20O4/c1-8(17)3-4-11-12-5-9-10(7-16)14(18)19-13(9)6-15(11,12)2/h7,9,11-13,16H,3-6H2,1-2H3. The number of aliphatic hydroxyl groups is 1. The van der Waals surface area contributed by atoms with E-state index in [1.807, 2.05) is 0 Å². The average Bonchev–Trinajstić information content (AvgIpc) is 2.77. The zero-order chi connectivity index (χ0) is 13.8. The fraction of sp³-hybridized carbons (Fsp3) is 0.733. The first-order chi connectivity index (χ1) is 8.97. The largest absolute Gasteiger partial charge is 0.515 e. The van der Waals surface area contributed by atoms with Crippen molar-refractivity contribution in [1.29, 1.82) is 0 Å². The third-order valence-electron chi connectivity index (χ3n) is 5.51. The third-order valence-corrected chi connectivity index (χ3v) is 5.51. The number of carbonyl (C=O) groups excluding carboxylic acids is 2. The Morgan fingerprint density at radius 1 is 1.58 bits per heavy atom. The first-order valence-corrected chi connectivity index (χ1v) is 7.02. The van der Waals surface area contributed by atoms with Crippen molar-refractivity contribution < 1.29 is 19.4 Å². The van der Waals surface area contributed by atoms with Crippen molar-refractivity contribution >= 4 is 11.8 Å². The fourth-order valence-electron chi connectivity index (χ4n) is 4.35. The Kier molecular flexibility index (Phi) is 2.73. The van der Waals surface area contributed by atoms with Gasteiger partial charge in [0.1, 0.15) is 11.9 Å². The highest BCUT2D eigenvalue weighted by molar-refractivity contribution is 5.91. The number of hydrogen-bond donors (Lipinski definition) is 1. The van der Waals surface area contributed by atoms with Crippen molar-refractivity contribution in [2.75, 3.05) is 0 Å². The van der Waals surface area contributed by atoms with Crippen LogP contribution < -0.4 is 0 Å². The van der Waals surface area contributed by atoms with Gasteiger partial charge in [0.05, 0.1) is 11.8 Å². The van der Waals surface area contributed by atoms with E-state index in [2.05, 4.69) is 6.92 Å². The molecular formula is C15H20O4. The van der Waals surface area contributed by atoms with E-state index in [0.717, 1.165) is 25.5 Å². The summed E-state index contributed by atoms with van der Waals surface area (Å²) in [4.78, 5) is 22.7. The molecule has 0 aromatic heterocycles. The molecule has 4 heteroatoms. The number of ketones is 1. The molecule has 0 amide bonds. The molecule has 0 aromatic carbocycles. The van der Waals surface area contributed by atoms with Gasteiger partial charge in [0.25, 0.3) is 0 Å². The molecule has 0 spiro atoms. The smallest absolute Gasteiger partial charge is 0.337 e. The van der Waals surface area contributed by atoms with Crippen LogP contribution in [0.3, 0.4) is 0 Å². The van der Waals surface area contributed by atoms with Gasteiger partial charge in [-0.25, -0.2) is 4.79 Å². The molecule has 1 saturated heterocycles. The van der Waals surface area contributed by atoms with Crippen LogP contribution in [0, 0.1) is 23.2 Å². The maximum atomic E-state index is 11.6. The van der Waals surface area contributed by atoms with Crippen molar-refractivity contribution in [3.05, 3.63) is 11.8 Å². The highest BCUT2D eigenvalue weighted by Gasteiger charge is 2.66. The molecule has 2 saturated carbocycles. The summed E-state index contributed by atoms with van der Waals surface area (Å²) in [5.74, 6) is 1.08. The second-order valence-corrected chi connectivity index (χ2v) is 6.53. The molecule has 3 fully saturated rings. The minimum Gasteiger partial charge on any atom is -0.515 e. The van der Waals surface area contributed by atoms with Gasteiger partial charge in [0, 0.05) is 12.3 Å². The Morgan fingerprint density at radius 3 is 2.95 bits per heavy atom. The molecule has 3 aliphatic rings. The molecule has 104 valence electrons. The molecule has 1 aliphatic heterocycles. The van der Waals surface area contributed by atoms with Crippen LogP contribution in [0.4, 0.5) is 0 Å². The van der Waals surface area contributed by atoms with Gasteiger partial charge in [-0.15, -0.1) is 0 Å². The number of fused-ring (bicyclic) bond motifs is 2. The van der Waals surface area contributed by atoms with E-state index in [-0.39, 0.29) is 29.2 Å². The van der Waals surface area contributed by atoms with E-state index >= 15 is 0 Å². The second-order valence-electron chi connectivity index (χ2n) is 6.53. The summed E-state index contributed by atoms with van der Waals surface area (Å²) in [7, 11) is 0. The minimum atomic E-state index is -0.359. The monoisotopic (exact) mass is 264 g/mol. The summed E-state index contributed by atoms with van der Waals surface area (Å²) in [6.07, 6.45) is 4.21. The molecule has 0 bridgehead atoms. The number of rotatable bonds is 3. The lowest BCUT2D eigenvalue weighted by Crippen LogP contribution is -2.27. The van der Waals surface area contributed by atoms with E-state index < -0.39 is 0 Å². The molecule has 3 rings (SSSR count). The summed E-state index contributed by atoms with van der Waals surface area (Å²) in [6, 6.07) is 0. The van der Waals surface area contributed by atoms with Crippen molar-refractivity contribution in [2.45, 2.75) is 45.6 Å². The van der Waals surface area contributed by atoms with Gasteiger partial charge in [-0.05, 0) is 43.4 Å². The van der Waals surface area contributed by atoms with Gasteiger partial charge in [-0.2, -0.15) is 0 Å². The topological polar surface area (TPSA) is 63.6 Å². The van der Waals surface area contributed by atoms with Crippen LogP contribution >= 0.6 is 0 Å². The van der Waals surface area contributed by atoms with Gasteiger partial charge >= 0.3 is 5.97 Å². The highest BCUT2D eigenvalue weighted by Crippen LogP contribution is 2.70. The van der Waals surface area contributed by atoms with Crippen LogP contribution in [0.25, 0.3) is 0 Å². The van der Waals surface area contributed by atoms with Gasteiger partial charge in [-0.1, -0.05) is 6.92 Å². The maximum Gasteiger partial charge on any atom is 0.337 e. The van der Waals surface area contributed by atoms with Crippen LogP contribution in [-0.4, -0.2) is 23.0 Å². The molecule has 0 aromatic rings. The molecule has 1 N–H and O–H groups in total. The maximum absolute atomic E-state index is 11.6. The first-order valence-electron chi connectivity index (χ1n) is 7.02. The van der Waals surface area contributed by atoms with E-state index in [1.165, 1.54) is 0 Å². The number of hydrogen-bond acceptors (Lipinski definition) is 4. The van der Waals surface area contributed by atoms with Gasteiger partial charge in [-0.3, -0.25) is 0 Å². The number of esters is 1. The number of Topliss-reactive ketones (excluding diaryl/α,β-unsaturated/α-hetero) is 1.